The molecule has 1 aromatic heterocycles. The molecule has 7 heteroatoms. The fraction of sp³-hybridized carbons (Fsp3) is 0.462. The molecule has 1 aliphatic carbocycles. The van der Waals surface area contributed by atoms with Crippen LogP contribution >= 0.6 is 11.8 Å². The van der Waals surface area contributed by atoms with E-state index in [-0.39, 0.29) is 16.2 Å². The molecule has 20 heavy (non-hydrogen) atoms. The zero-order chi connectivity index (χ0) is 14.6. The van der Waals surface area contributed by atoms with E-state index in [1.54, 1.807) is 11.8 Å². The van der Waals surface area contributed by atoms with Gasteiger partial charge in [-0.05, 0) is 25.2 Å². The highest BCUT2D eigenvalue weighted by molar-refractivity contribution is 8.00. The van der Waals surface area contributed by atoms with Gasteiger partial charge < -0.3 is 5.11 Å². The monoisotopic (exact) mass is 312 g/mol. The van der Waals surface area contributed by atoms with Crippen molar-refractivity contribution >= 4 is 21.8 Å². The minimum Gasteiger partial charge on any atom is -0.384 e. The van der Waals surface area contributed by atoms with Crippen LogP contribution < -0.4 is 4.72 Å². The average molecular weight is 312 g/mol. The molecule has 2 rings (SSSR count). The van der Waals surface area contributed by atoms with E-state index in [2.05, 4.69) is 21.5 Å². The molecule has 0 atom stereocenters. The number of hydrogen-bond acceptors (Lipinski definition) is 5. The lowest BCUT2D eigenvalue weighted by Crippen LogP contribution is -2.31. The maximum atomic E-state index is 12.2. The molecule has 0 amide bonds. The molecule has 0 bridgehead atoms. The summed E-state index contributed by atoms with van der Waals surface area (Å²) in [5.41, 5.74) is 0.466. The standard InChI is InChI=1S/C13H16N2O3S2/c1-19-13(4-5-13)10-15-20(17,18)12-7-11(3-2-6-16)8-14-9-12/h7-9,15-16H,4-6,10H2,1H3. The molecule has 1 aromatic rings. The molecule has 1 saturated carbocycles. The Hall–Kier alpha value is -1.07. The first-order valence-corrected chi connectivity index (χ1v) is 8.82. The second-order valence-electron chi connectivity index (χ2n) is 4.58. The third-order valence-corrected chi connectivity index (χ3v) is 5.95. The fourth-order valence-corrected chi connectivity index (χ4v) is 3.61. The van der Waals surface area contributed by atoms with Gasteiger partial charge in [-0.25, -0.2) is 13.1 Å². The van der Waals surface area contributed by atoms with Crippen LogP contribution in [0.5, 0.6) is 0 Å². The number of nitrogens with one attached hydrogen (secondary N) is 1. The maximum Gasteiger partial charge on any atom is 0.242 e. The van der Waals surface area contributed by atoms with Crippen LogP contribution in [0.1, 0.15) is 18.4 Å². The smallest absolute Gasteiger partial charge is 0.242 e. The average Bonchev–Trinajstić information content (AvgIpc) is 3.24. The summed E-state index contributed by atoms with van der Waals surface area (Å²) in [6.45, 7) is 0.161. The van der Waals surface area contributed by atoms with Crippen LogP contribution in [-0.2, 0) is 10.0 Å². The van der Waals surface area contributed by atoms with Gasteiger partial charge in [0.25, 0.3) is 0 Å². The second-order valence-corrected chi connectivity index (χ2v) is 7.62. The van der Waals surface area contributed by atoms with Gasteiger partial charge in [-0.15, -0.1) is 0 Å². The zero-order valence-corrected chi connectivity index (χ0v) is 12.7. The van der Waals surface area contributed by atoms with Crippen molar-refractivity contribution < 1.29 is 13.5 Å². The van der Waals surface area contributed by atoms with Gasteiger partial charge in [0, 0.05) is 29.2 Å². The van der Waals surface area contributed by atoms with Crippen LogP contribution in [0, 0.1) is 11.8 Å². The Labute approximate surface area is 123 Å². The third kappa shape index (κ3) is 3.73. The molecule has 0 unspecified atom stereocenters. The lowest BCUT2D eigenvalue weighted by molar-refractivity contribution is 0.350. The number of aliphatic hydroxyl groups is 1. The number of aliphatic hydroxyl groups excluding tert-OH is 1. The summed E-state index contributed by atoms with van der Waals surface area (Å²) in [6.07, 6.45) is 6.83. The largest absolute Gasteiger partial charge is 0.384 e. The summed E-state index contributed by atoms with van der Waals surface area (Å²) in [7, 11) is -3.57. The zero-order valence-electron chi connectivity index (χ0n) is 11.1. The van der Waals surface area contributed by atoms with E-state index in [4.69, 9.17) is 5.11 Å². The van der Waals surface area contributed by atoms with Crippen molar-refractivity contribution in [1.29, 1.82) is 0 Å². The molecule has 0 radical (unpaired) electrons. The van der Waals surface area contributed by atoms with Crippen molar-refractivity contribution in [1.82, 2.24) is 9.71 Å². The van der Waals surface area contributed by atoms with Gasteiger partial charge in [-0.3, -0.25) is 4.98 Å². The number of thioether (sulfide) groups is 1. The van der Waals surface area contributed by atoms with Crippen molar-refractivity contribution in [2.24, 2.45) is 0 Å². The molecule has 108 valence electrons. The predicted octanol–water partition coefficient (Wildman–Crippen LogP) is 0.599. The number of aromatic nitrogens is 1. The van der Waals surface area contributed by atoms with Crippen molar-refractivity contribution in [2.75, 3.05) is 19.4 Å². The molecule has 0 aromatic carbocycles. The van der Waals surface area contributed by atoms with Crippen LogP contribution in [0.4, 0.5) is 0 Å². The summed E-state index contributed by atoms with van der Waals surface area (Å²) in [4.78, 5) is 3.97. The van der Waals surface area contributed by atoms with Crippen LogP contribution in [0.3, 0.4) is 0 Å². The topological polar surface area (TPSA) is 79.3 Å². The van der Waals surface area contributed by atoms with Gasteiger partial charge >= 0.3 is 0 Å². The van der Waals surface area contributed by atoms with Gasteiger partial charge in [0.1, 0.15) is 11.5 Å². The second kappa shape index (κ2) is 6.14. The van der Waals surface area contributed by atoms with Gasteiger partial charge in [-0.1, -0.05) is 11.8 Å². The van der Waals surface area contributed by atoms with Gasteiger partial charge in [0.15, 0.2) is 0 Å². The third-order valence-electron chi connectivity index (χ3n) is 3.16. The van der Waals surface area contributed by atoms with Gasteiger partial charge in [-0.2, -0.15) is 11.8 Å². The van der Waals surface area contributed by atoms with Crippen molar-refractivity contribution in [3.05, 3.63) is 24.0 Å². The lowest BCUT2D eigenvalue weighted by atomic mass is 10.3. The highest BCUT2D eigenvalue weighted by atomic mass is 32.2. The number of hydrogen-bond donors (Lipinski definition) is 2. The Morgan fingerprint density at radius 2 is 2.25 bits per heavy atom. The first-order valence-electron chi connectivity index (χ1n) is 6.11. The Kier molecular flexibility index (Phi) is 4.70. The van der Waals surface area contributed by atoms with Crippen LogP contribution in [-0.4, -0.2) is 42.7 Å². The molecule has 1 fully saturated rings. The highest BCUT2D eigenvalue weighted by Crippen LogP contribution is 2.46. The van der Waals surface area contributed by atoms with E-state index in [0.717, 1.165) is 12.8 Å². The van der Waals surface area contributed by atoms with Gasteiger partial charge in [0.2, 0.25) is 10.0 Å². The summed E-state index contributed by atoms with van der Waals surface area (Å²) >= 11 is 1.70. The van der Waals surface area contributed by atoms with Crippen LogP contribution in [0.2, 0.25) is 0 Å². The molecule has 1 heterocycles. The normalized spacial score (nSPS) is 16.3. The summed E-state index contributed by atoms with van der Waals surface area (Å²) in [5, 5.41) is 8.64. The molecule has 5 nitrogen and oxygen atoms in total. The lowest BCUT2D eigenvalue weighted by Gasteiger charge is -2.13. The summed E-state index contributed by atoms with van der Waals surface area (Å²) < 4.78 is 27.1. The van der Waals surface area contributed by atoms with Crippen LogP contribution in [0.15, 0.2) is 23.4 Å². The molecule has 0 aliphatic heterocycles. The fourth-order valence-electron chi connectivity index (χ4n) is 1.68. The number of rotatable bonds is 5. The molecule has 0 spiro atoms. The van der Waals surface area contributed by atoms with Crippen molar-refractivity contribution in [3.63, 3.8) is 0 Å². The highest BCUT2D eigenvalue weighted by Gasteiger charge is 2.42. The Balaban J connectivity index is 2.12. The molecule has 2 N–H and O–H groups in total. The van der Waals surface area contributed by atoms with Crippen LogP contribution in [0.25, 0.3) is 0 Å². The Bertz CT molecular complexity index is 643. The first-order chi connectivity index (χ1) is 9.51. The Morgan fingerprint density at radius 3 is 2.85 bits per heavy atom. The summed E-state index contributed by atoms with van der Waals surface area (Å²) in [6, 6.07) is 1.46. The van der Waals surface area contributed by atoms with E-state index in [9.17, 15) is 8.42 Å². The minimum atomic E-state index is -3.57. The number of sulfonamides is 1. The Morgan fingerprint density at radius 1 is 1.50 bits per heavy atom. The summed E-state index contributed by atoms with van der Waals surface area (Å²) in [5.74, 6) is 5.11. The minimum absolute atomic E-state index is 0.0643. The first kappa shape index (κ1) is 15.3. The van der Waals surface area contributed by atoms with E-state index >= 15 is 0 Å². The van der Waals surface area contributed by atoms with E-state index < -0.39 is 10.0 Å². The van der Waals surface area contributed by atoms with Crippen molar-refractivity contribution in [2.45, 2.75) is 22.5 Å². The predicted molar refractivity (Wildman–Crippen MR) is 78.9 cm³/mol. The van der Waals surface area contributed by atoms with E-state index in [1.165, 1.54) is 18.5 Å². The molecular weight excluding hydrogens is 296 g/mol. The maximum absolute atomic E-state index is 12.2. The van der Waals surface area contributed by atoms with E-state index in [1.807, 2.05) is 6.26 Å². The molecule has 1 aliphatic rings. The quantitative estimate of drug-likeness (QED) is 0.778. The van der Waals surface area contributed by atoms with Crippen molar-refractivity contribution in [3.8, 4) is 11.8 Å². The number of nitrogens with zero attached hydrogens (tertiary/aromatic N) is 1. The van der Waals surface area contributed by atoms with E-state index in [0.29, 0.717) is 12.1 Å². The van der Waals surface area contributed by atoms with Gasteiger partial charge in [0.05, 0.1) is 0 Å². The SMILES string of the molecule is CSC1(CNS(=O)(=O)c2cncc(C#CCO)c2)CC1. The molecule has 0 saturated heterocycles. The number of pyridine rings is 1. The molecular formula is C13H16N2O3S2.